The van der Waals surface area contributed by atoms with Crippen LogP contribution in [0.4, 0.5) is 0 Å². The third kappa shape index (κ3) is 5.47. The van der Waals surface area contributed by atoms with Gasteiger partial charge in [-0.2, -0.15) is 0 Å². The van der Waals surface area contributed by atoms with Gasteiger partial charge < -0.3 is 5.32 Å². The molecule has 2 aromatic heterocycles. The topological polar surface area (TPSA) is 54.9 Å². The van der Waals surface area contributed by atoms with Gasteiger partial charge in [-0.15, -0.1) is 11.3 Å². The van der Waals surface area contributed by atoms with Gasteiger partial charge >= 0.3 is 0 Å². The molecule has 140 valence electrons. The number of hydrogen-bond acceptors (Lipinski definition) is 4. The van der Waals surface area contributed by atoms with Crippen molar-refractivity contribution in [2.75, 3.05) is 6.54 Å². The van der Waals surface area contributed by atoms with Gasteiger partial charge in [0.1, 0.15) is 5.01 Å². The smallest absolute Gasteiger partial charge is 0.220 e. The molecule has 0 spiro atoms. The molecule has 1 amide bonds. The molecule has 0 fully saturated rings. The fraction of sp³-hybridized carbons (Fsp3) is 0.318. The molecule has 5 heteroatoms. The lowest BCUT2D eigenvalue weighted by molar-refractivity contribution is -0.121. The number of rotatable bonds is 8. The van der Waals surface area contributed by atoms with Crippen molar-refractivity contribution in [3.63, 3.8) is 0 Å². The van der Waals surface area contributed by atoms with Crippen LogP contribution in [-0.2, 0) is 24.1 Å². The highest BCUT2D eigenvalue weighted by Crippen LogP contribution is 2.27. The van der Waals surface area contributed by atoms with Crippen LogP contribution >= 0.6 is 11.3 Å². The first-order chi connectivity index (χ1) is 13.2. The average Bonchev–Trinajstić information content (AvgIpc) is 3.08. The maximum atomic E-state index is 12.1. The Morgan fingerprint density at radius 1 is 1.11 bits per heavy atom. The minimum absolute atomic E-state index is 0.101. The molecule has 2 heterocycles. The van der Waals surface area contributed by atoms with Crippen LogP contribution < -0.4 is 5.32 Å². The number of thiazole rings is 1. The van der Waals surface area contributed by atoms with Gasteiger partial charge in [-0.1, -0.05) is 31.2 Å². The first-order valence-electron chi connectivity index (χ1n) is 9.37. The van der Waals surface area contributed by atoms with Crippen LogP contribution in [0.25, 0.3) is 10.6 Å². The number of benzene rings is 1. The summed E-state index contributed by atoms with van der Waals surface area (Å²) in [4.78, 5) is 22.1. The third-order valence-corrected chi connectivity index (χ3v) is 5.81. The van der Waals surface area contributed by atoms with E-state index in [1.54, 1.807) is 17.5 Å². The minimum Gasteiger partial charge on any atom is -0.356 e. The number of carbonyl (C=O) groups is 1. The first-order valence-corrected chi connectivity index (χ1v) is 10.2. The molecule has 0 aliphatic carbocycles. The Morgan fingerprint density at radius 3 is 2.59 bits per heavy atom. The lowest BCUT2D eigenvalue weighted by atomic mass is 10.1. The zero-order chi connectivity index (χ0) is 19.1. The second-order valence-corrected chi connectivity index (χ2v) is 7.62. The van der Waals surface area contributed by atoms with Crippen LogP contribution in [0, 0.1) is 6.92 Å². The standard InChI is InChI=1S/C22H25N3OS/c1-3-17-6-8-18(9-7-17)10-11-21(26)24-14-12-20-16(2)25-22(27-20)19-5-4-13-23-15-19/h4-9,13,15H,3,10-12,14H2,1-2H3,(H,24,26). The Morgan fingerprint density at radius 2 is 1.89 bits per heavy atom. The van der Waals surface area contributed by atoms with Gasteiger partial charge in [0.15, 0.2) is 0 Å². The molecule has 1 N–H and O–H groups in total. The largest absolute Gasteiger partial charge is 0.356 e. The Hall–Kier alpha value is -2.53. The van der Waals surface area contributed by atoms with Crippen molar-refractivity contribution in [2.24, 2.45) is 0 Å². The molecule has 0 unspecified atom stereocenters. The maximum Gasteiger partial charge on any atom is 0.220 e. The van der Waals surface area contributed by atoms with Gasteiger partial charge in [0.2, 0.25) is 5.91 Å². The van der Waals surface area contributed by atoms with Gasteiger partial charge in [0.05, 0.1) is 5.69 Å². The molecular weight excluding hydrogens is 354 g/mol. The van der Waals surface area contributed by atoms with Crippen molar-refractivity contribution in [3.8, 4) is 10.6 Å². The summed E-state index contributed by atoms with van der Waals surface area (Å²) < 4.78 is 0. The van der Waals surface area contributed by atoms with Crippen molar-refractivity contribution < 1.29 is 4.79 Å². The minimum atomic E-state index is 0.101. The molecule has 0 aliphatic heterocycles. The van der Waals surface area contributed by atoms with Crippen molar-refractivity contribution in [2.45, 2.75) is 39.5 Å². The number of amides is 1. The van der Waals surface area contributed by atoms with E-state index in [9.17, 15) is 4.79 Å². The van der Waals surface area contributed by atoms with E-state index in [1.807, 2.05) is 25.3 Å². The van der Waals surface area contributed by atoms with E-state index in [4.69, 9.17) is 0 Å². The summed E-state index contributed by atoms with van der Waals surface area (Å²) in [6.45, 7) is 4.81. The molecule has 4 nitrogen and oxygen atoms in total. The molecule has 0 bridgehead atoms. The first kappa shape index (κ1) is 19.2. The number of aromatic nitrogens is 2. The molecule has 1 aromatic carbocycles. The molecule has 0 atom stereocenters. The summed E-state index contributed by atoms with van der Waals surface area (Å²) in [5.41, 5.74) is 4.61. The van der Waals surface area contributed by atoms with Crippen LogP contribution in [0.2, 0.25) is 0 Å². The zero-order valence-corrected chi connectivity index (χ0v) is 16.7. The maximum absolute atomic E-state index is 12.1. The van der Waals surface area contributed by atoms with E-state index in [2.05, 4.69) is 46.5 Å². The predicted octanol–water partition coefficient (Wildman–Crippen LogP) is 4.37. The van der Waals surface area contributed by atoms with Crippen LogP contribution in [0.1, 0.15) is 35.0 Å². The van der Waals surface area contributed by atoms with E-state index in [0.29, 0.717) is 13.0 Å². The van der Waals surface area contributed by atoms with Gasteiger partial charge in [-0.25, -0.2) is 4.98 Å². The fourth-order valence-electron chi connectivity index (χ4n) is 2.88. The van der Waals surface area contributed by atoms with Crippen molar-refractivity contribution in [1.82, 2.24) is 15.3 Å². The second-order valence-electron chi connectivity index (χ2n) is 6.54. The summed E-state index contributed by atoms with van der Waals surface area (Å²) >= 11 is 1.68. The molecule has 0 aliphatic rings. The van der Waals surface area contributed by atoms with E-state index in [-0.39, 0.29) is 5.91 Å². The highest BCUT2D eigenvalue weighted by atomic mass is 32.1. The Balaban J connectivity index is 1.45. The molecule has 3 aromatic rings. The average molecular weight is 380 g/mol. The van der Waals surface area contributed by atoms with E-state index >= 15 is 0 Å². The van der Waals surface area contributed by atoms with Gasteiger partial charge in [0.25, 0.3) is 0 Å². The van der Waals surface area contributed by atoms with Crippen LogP contribution in [0.3, 0.4) is 0 Å². The monoisotopic (exact) mass is 379 g/mol. The fourth-order valence-corrected chi connectivity index (χ4v) is 3.93. The molecule has 0 saturated heterocycles. The third-order valence-electron chi connectivity index (χ3n) is 4.55. The highest BCUT2D eigenvalue weighted by molar-refractivity contribution is 7.15. The number of carbonyl (C=O) groups excluding carboxylic acids is 1. The molecule has 3 rings (SSSR count). The van der Waals surface area contributed by atoms with E-state index in [0.717, 1.165) is 35.5 Å². The van der Waals surface area contributed by atoms with Crippen LogP contribution in [0.15, 0.2) is 48.8 Å². The van der Waals surface area contributed by atoms with Crippen LogP contribution in [-0.4, -0.2) is 22.4 Å². The highest BCUT2D eigenvalue weighted by Gasteiger charge is 2.10. The van der Waals surface area contributed by atoms with Gasteiger partial charge in [-0.3, -0.25) is 9.78 Å². The number of nitrogens with one attached hydrogen (secondary N) is 1. The molecule has 27 heavy (non-hydrogen) atoms. The summed E-state index contributed by atoms with van der Waals surface area (Å²) in [7, 11) is 0. The Bertz CT molecular complexity index is 872. The molecule has 0 radical (unpaired) electrons. The zero-order valence-electron chi connectivity index (χ0n) is 15.9. The van der Waals surface area contributed by atoms with E-state index < -0.39 is 0 Å². The quantitative estimate of drug-likeness (QED) is 0.632. The Kier molecular flexibility index (Phi) is 6.71. The SMILES string of the molecule is CCc1ccc(CCC(=O)NCCc2sc(-c3cccnc3)nc2C)cc1. The van der Waals surface area contributed by atoms with Crippen molar-refractivity contribution >= 4 is 17.2 Å². The van der Waals surface area contributed by atoms with Gasteiger partial charge in [0, 0.05) is 42.2 Å². The van der Waals surface area contributed by atoms with E-state index in [1.165, 1.54) is 16.0 Å². The van der Waals surface area contributed by atoms with Crippen molar-refractivity contribution in [3.05, 3.63) is 70.5 Å². The number of aryl methyl sites for hydroxylation is 3. The molecule has 0 saturated carbocycles. The Labute approximate surface area is 164 Å². The predicted molar refractivity (Wildman–Crippen MR) is 111 cm³/mol. The lowest BCUT2D eigenvalue weighted by Crippen LogP contribution is -2.25. The number of pyridine rings is 1. The van der Waals surface area contributed by atoms with Gasteiger partial charge in [-0.05, 0) is 43.0 Å². The molecular formula is C22H25N3OS. The number of nitrogens with zero attached hydrogens (tertiary/aromatic N) is 2. The van der Waals surface area contributed by atoms with Crippen molar-refractivity contribution in [1.29, 1.82) is 0 Å². The summed E-state index contributed by atoms with van der Waals surface area (Å²) in [5.74, 6) is 0.101. The summed E-state index contributed by atoms with van der Waals surface area (Å²) in [6.07, 6.45) is 6.74. The second kappa shape index (κ2) is 9.42. The normalized spacial score (nSPS) is 10.7. The summed E-state index contributed by atoms with van der Waals surface area (Å²) in [6, 6.07) is 12.4. The summed E-state index contributed by atoms with van der Waals surface area (Å²) in [5, 5.41) is 4.01. The number of hydrogen-bond donors (Lipinski definition) is 1. The van der Waals surface area contributed by atoms with Crippen LogP contribution in [0.5, 0.6) is 0 Å². The lowest BCUT2D eigenvalue weighted by Gasteiger charge is -2.05.